The molecule has 0 amide bonds. The highest BCUT2D eigenvalue weighted by molar-refractivity contribution is 6.63. The minimum atomic E-state index is -0.379. The molecule has 0 radical (unpaired) electrons. The number of rotatable bonds is 4. The van der Waals surface area contributed by atoms with Gasteiger partial charge in [0, 0.05) is 11.6 Å². The minimum Gasteiger partial charge on any atom is -0.403 e. The predicted molar refractivity (Wildman–Crippen MR) is 81.0 cm³/mol. The van der Waals surface area contributed by atoms with E-state index in [0.717, 1.165) is 16.6 Å². The lowest BCUT2D eigenvalue weighted by Gasteiger charge is -2.19. The van der Waals surface area contributed by atoms with Crippen molar-refractivity contribution in [1.82, 2.24) is 0 Å². The van der Waals surface area contributed by atoms with E-state index in [1.807, 2.05) is 48.5 Å². The van der Waals surface area contributed by atoms with E-state index < -0.39 is 0 Å². The molecule has 2 N–H and O–H groups in total. The average molecular weight is 288 g/mol. The Morgan fingerprint density at radius 2 is 2.05 bits per heavy atom. The Morgan fingerprint density at radius 1 is 1.25 bits per heavy atom. The van der Waals surface area contributed by atoms with Gasteiger partial charge in [-0.1, -0.05) is 48.0 Å². The molecule has 3 rings (SSSR count). The van der Waals surface area contributed by atoms with Gasteiger partial charge in [0.15, 0.2) is 0 Å². The largest absolute Gasteiger partial charge is 0.494 e. The summed E-state index contributed by atoms with van der Waals surface area (Å²) in [7, 11) is -0.379. The second-order valence-corrected chi connectivity index (χ2v) is 5.19. The fourth-order valence-electron chi connectivity index (χ4n) is 2.38. The lowest BCUT2D eigenvalue weighted by atomic mass is 9.78. The molecule has 20 heavy (non-hydrogen) atoms. The van der Waals surface area contributed by atoms with E-state index in [-0.39, 0.29) is 13.2 Å². The second kappa shape index (κ2) is 5.98. The summed E-state index contributed by atoms with van der Waals surface area (Å²) in [5, 5.41) is 0.714. The molecule has 0 fully saturated rings. The number of fused-ring (bicyclic) bond motifs is 1. The molecule has 0 saturated carbocycles. The molecule has 1 heterocycles. The second-order valence-electron chi connectivity index (χ2n) is 4.76. The van der Waals surface area contributed by atoms with E-state index in [1.54, 1.807) is 0 Å². The molecule has 0 aliphatic carbocycles. The highest BCUT2D eigenvalue weighted by Gasteiger charge is 2.33. The molecule has 0 bridgehead atoms. The maximum absolute atomic E-state index is 6.02. The zero-order chi connectivity index (χ0) is 13.9. The smallest absolute Gasteiger partial charge is 0.403 e. The quantitative estimate of drug-likeness (QED) is 0.878. The van der Waals surface area contributed by atoms with Crippen molar-refractivity contribution in [2.45, 2.75) is 12.7 Å². The zero-order valence-corrected chi connectivity index (χ0v) is 11.7. The SMILES string of the molecule is NCC(OB1OCc2cc(Cl)ccc21)c1ccccc1. The van der Waals surface area contributed by atoms with Gasteiger partial charge in [0.1, 0.15) is 0 Å². The molecule has 1 aliphatic heterocycles. The van der Waals surface area contributed by atoms with Crippen LogP contribution in [0.5, 0.6) is 0 Å². The van der Waals surface area contributed by atoms with Gasteiger partial charge in [-0.05, 0) is 28.7 Å². The van der Waals surface area contributed by atoms with Crippen LogP contribution in [-0.4, -0.2) is 13.7 Å². The van der Waals surface area contributed by atoms with Crippen molar-refractivity contribution in [1.29, 1.82) is 0 Å². The van der Waals surface area contributed by atoms with Crippen molar-refractivity contribution in [3.63, 3.8) is 0 Å². The van der Waals surface area contributed by atoms with Gasteiger partial charge in [-0.15, -0.1) is 0 Å². The zero-order valence-electron chi connectivity index (χ0n) is 11.0. The van der Waals surface area contributed by atoms with Crippen LogP contribution < -0.4 is 11.2 Å². The third-order valence-electron chi connectivity index (χ3n) is 3.42. The third-order valence-corrected chi connectivity index (χ3v) is 3.66. The Balaban J connectivity index is 1.79. The van der Waals surface area contributed by atoms with Gasteiger partial charge in [0.25, 0.3) is 0 Å². The number of hydrogen-bond donors (Lipinski definition) is 1. The van der Waals surface area contributed by atoms with Gasteiger partial charge < -0.3 is 15.0 Å². The first-order valence-corrected chi connectivity index (χ1v) is 6.96. The van der Waals surface area contributed by atoms with E-state index in [2.05, 4.69) is 0 Å². The van der Waals surface area contributed by atoms with Crippen LogP contribution in [0.4, 0.5) is 0 Å². The fourth-order valence-corrected chi connectivity index (χ4v) is 2.58. The van der Waals surface area contributed by atoms with Gasteiger partial charge in [0.2, 0.25) is 0 Å². The van der Waals surface area contributed by atoms with E-state index in [1.165, 1.54) is 0 Å². The third kappa shape index (κ3) is 2.74. The molecule has 3 nitrogen and oxygen atoms in total. The van der Waals surface area contributed by atoms with Crippen molar-refractivity contribution in [3.8, 4) is 0 Å². The normalized spacial score (nSPS) is 15.2. The van der Waals surface area contributed by atoms with Gasteiger partial charge in [-0.2, -0.15) is 0 Å². The molecule has 0 saturated heterocycles. The number of benzene rings is 2. The molecule has 1 unspecified atom stereocenters. The summed E-state index contributed by atoms with van der Waals surface area (Å²) in [6.07, 6.45) is -0.178. The molecule has 1 aliphatic rings. The Kier molecular flexibility index (Phi) is 4.08. The topological polar surface area (TPSA) is 44.5 Å². The van der Waals surface area contributed by atoms with Crippen molar-refractivity contribution in [3.05, 3.63) is 64.7 Å². The summed E-state index contributed by atoms with van der Waals surface area (Å²) < 4.78 is 11.7. The van der Waals surface area contributed by atoms with Gasteiger partial charge in [0.05, 0.1) is 12.7 Å². The van der Waals surface area contributed by atoms with Gasteiger partial charge in [-0.3, -0.25) is 0 Å². The summed E-state index contributed by atoms with van der Waals surface area (Å²) in [4.78, 5) is 0. The van der Waals surface area contributed by atoms with Gasteiger partial charge in [-0.25, -0.2) is 0 Å². The lowest BCUT2D eigenvalue weighted by molar-refractivity contribution is 0.152. The van der Waals surface area contributed by atoms with Crippen molar-refractivity contribution in [2.24, 2.45) is 5.73 Å². The van der Waals surface area contributed by atoms with Crippen LogP contribution in [0.2, 0.25) is 5.02 Å². The van der Waals surface area contributed by atoms with Crippen LogP contribution in [0, 0.1) is 0 Å². The molecule has 5 heteroatoms. The average Bonchev–Trinajstić information content (AvgIpc) is 2.87. The highest BCUT2D eigenvalue weighted by Crippen LogP contribution is 2.22. The highest BCUT2D eigenvalue weighted by atomic mass is 35.5. The van der Waals surface area contributed by atoms with Crippen LogP contribution >= 0.6 is 11.6 Å². The molecule has 2 aromatic carbocycles. The monoisotopic (exact) mass is 287 g/mol. The molecule has 0 aromatic heterocycles. The van der Waals surface area contributed by atoms with Crippen molar-refractivity contribution >= 4 is 24.2 Å². The Hall–Kier alpha value is -1.33. The Morgan fingerprint density at radius 3 is 2.80 bits per heavy atom. The molecule has 102 valence electrons. The number of nitrogens with two attached hydrogens (primary N) is 1. The molecule has 1 atom stereocenters. The van der Waals surface area contributed by atoms with Crippen LogP contribution in [0.3, 0.4) is 0 Å². The van der Waals surface area contributed by atoms with E-state index in [4.69, 9.17) is 26.6 Å². The van der Waals surface area contributed by atoms with Crippen molar-refractivity contribution < 1.29 is 9.31 Å². The van der Waals surface area contributed by atoms with E-state index >= 15 is 0 Å². The van der Waals surface area contributed by atoms with Crippen LogP contribution in [0.15, 0.2) is 48.5 Å². The molecular weight excluding hydrogens is 272 g/mol. The molecule has 0 spiro atoms. The Labute approximate surface area is 123 Å². The van der Waals surface area contributed by atoms with Crippen molar-refractivity contribution in [2.75, 3.05) is 6.54 Å². The van der Waals surface area contributed by atoms with Crippen LogP contribution in [-0.2, 0) is 15.9 Å². The summed E-state index contributed by atoms with van der Waals surface area (Å²) in [6.45, 7) is 0.930. The summed E-state index contributed by atoms with van der Waals surface area (Å²) in [5.74, 6) is 0. The maximum Gasteiger partial charge on any atom is 0.494 e. The predicted octanol–water partition coefficient (Wildman–Crippen LogP) is 2.28. The minimum absolute atomic E-state index is 0.178. The Bertz CT molecular complexity index is 594. The summed E-state index contributed by atoms with van der Waals surface area (Å²) in [5.41, 5.74) is 8.99. The first-order valence-electron chi connectivity index (χ1n) is 6.58. The van der Waals surface area contributed by atoms with E-state index in [9.17, 15) is 0 Å². The van der Waals surface area contributed by atoms with Gasteiger partial charge >= 0.3 is 7.12 Å². The summed E-state index contributed by atoms with van der Waals surface area (Å²) >= 11 is 5.98. The lowest BCUT2D eigenvalue weighted by Crippen LogP contribution is -2.35. The standard InChI is InChI=1S/C15H15BClNO2/c17-13-6-7-14-12(8-13)10-19-16(14)20-15(9-18)11-4-2-1-3-5-11/h1-8,15H,9-10,18H2. The summed E-state index contributed by atoms with van der Waals surface area (Å²) in [6, 6.07) is 15.7. The van der Waals surface area contributed by atoms with Crippen LogP contribution in [0.1, 0.15) is 17.2 Å². The number of halogens is 1. The van der Waals surface area contributed by atoms with E-state index in [0.29, 0.717) is 18.2 Å². The fraction of sp³-hybridized carbons (Fsp3) is 0.200. The number of hydrogen-bond acceptors (Lipinski definition) is 3. The molecule has 2 aromatic rings. The maximum atomic E-state index is 6.02. The van der Waals surface area contributed by atoms with Crippen LogP contribution in [0.25, 0.3) is 0 Å². The first-order chi connectivity index (χ1) is 9.78. The first kappa shape index (κ1) is 13.6. The molecular formula is C15H15BClNO2.